The molecular formula is C15H22BNO6S. The van der Waals surface area contributed by atoms with Crippen LogP contribution in [-0.2, 0) is 24.1 Å². The van der Waals surface area contributed by atoms with Crippen LogP contribution in [0.25, 0.3) is 0 Å². The number of hydrogen-bond acceptors (Lipinski definition) is 6. The van der Waals surface area contributed by atoms with Crippen molar-refractivity contribution in [2.24, 2.45) is 5.14 Å². The summed E-state index contributed by atoms with van der Waals surface area (Å²) in [5.74, 6) is -0.638. The summed E-state index contributed by atoms with van der Waals surface area (Å²) in [6.45, 7) is 9.35. The molecule has 0 unspecified atom stereocenters. The molecule has 0 saturated carbocycles. The van der Waals surface area contributed by atoms with Gasteiger partial charge in [-0.1, -0.05) is 0 Å². The number of primary sulfonamides is 1. The van der Waals surface area contributed by atoms with Gasteiger partial charge in [-0.15, -0.1) is 0 Å². The molecule has 0 atom stereocenters. The van der Waals surface area contributed by atoms with Crippen LogP contribution in [0.3, 0.4) is 0 Å². The average Bonchev–Trinajstić information content (AvgIpc) is 2.66. The second-order valence-electron chi connectivity index (χ2n) is 6.64. The first-order chi connectivity index (χ1) is 10.9. The SMILES string of the molecule is CCOC(=O)c1cc(B2OC(C)(C)C(C)(C)O2)cc(S(N)(=O)=O)c1. The number of benzene rings is 1. The van der Waals surface area contributed by atoms with Gasteiger partial charge < -0.3 is 14.0 Å². The van der Waals surface area contributed by atoms with E-state index in [0.717, 1.165) is 0 Å². The zero-order chi connectivity index (χ0) is 18.3. The Morgan fingerprint density at radius 3 is 2.17 bits per heavy atom. The molecule has 7 nitrogen and oxygen atoms in total. The minimum atomic E-state index is -4.00. The number of ether oxygens (including phenoxy) is 1. The number of sulfonamides is 1. The van der Waals surface area contributed by atoms with Gasteiger partial charge in [-0.2, -0.15) is 0 Å². The molecule has 1 fully saturated rings. The molecule has 132 valence electrons. The van der Waals surface area contributed by atoms with Crippen molar-refractivity contribution in [3.8, 4) is 0 Å². The number of hydrogen-bond donors (Lipinski definition) is 1. The lowest BCUT2D eigenvalue weighted by molar-refractivity contribution is 0.00578. The van der Waals surface area contributed by atoms with Crippen LogP contribution in [0.4, 0.5) is 0 Å². The van der Waals surface area contributed by atoms with Gasteiger partial charge in [0.15, 0.2) is 0 Å². The molecule has 2 rings (SSSR count). The highest BCUT2D eigenvalue weighted by Crippen LogP contribution is 2.36. The summed E-state index contributed by atoms with van der Waals surface area (Å²) in [7, 11) is -4.82. The predicted octanol–water partition coefficient (Wildman–Crippen LogP) is 0.810. The maximum atomic E-state index is 12.0. The van der Waals surface area contributed by atoms with E-state index in [1.54, 1.807) is 6.92 Å². The second kappa shape index (κ2) is 6.14. The van der Waals surface area contributed by atoms with Crippen LogP contribution in [0, 0.1) is 0 Å². The zero-order valence-corrected chi connectivity index (χ0v) is 15.3. The van der Waals surface area contributed by atoms with Gasteiger partial charge in [-0.25, -0.2) is 18.4 Å². The normalized spacial score (nSPS) is 19.3. The van der Waals surface area contributed by atoms with Crippen LogP contribution in [0.1, 0.15) is 45.0 Å². The molecular weight excluding hydrogens is 333 g/mol. The smallest absolute Gasteiger partial charge is 0.462 e. The molecule has 0 aromatic heterocycles. The van der Waals surface area contributed by atoms with Crippen molar-refractivity contribution in [2.75, 3.05) is 6.61 Å². The number of rotatable bonds is 4. The standard InChI is InChI=1S/C15H22BNO6S/c1-6-21-13(18)10-7-11(9-12(8-10)24(17,19)20)16-22-14(2,3)15(4,5)23-16/h7-9H,6H2,1-5H3,(H2,17,19,20). The Morgan fingerprint density at radius 2 is 1.71 bits per heavy atom. The van der Waals surface area contributed by atoms with E-state index < -0.39 is 34.3 Å². The Morgan fingerprint density at radius 1 is 1.17 bits per heavy atom. The van der Waals surface area contributed by atoms with E-state index >= 15 is 0 Å². The van der Waals surface area contributed by atoms with Crippen LogP contribution < -0.4 is 10.6 Å². The molecule has 1 aliphatic heterocycles. The fourth-order valence-corrected chi connectivity index (χ4v) is 2.83. The Labute approximate surface area is 142 Å². The van der Waals surface area contributed by atoms with E-state index in [1.807, 2.05) is 27.7 Å². The fraction of sp³-hybridized carbons (Fsp3) is 0.533. The Bertz CT molecular complexity index is 743. The monoisotopic (exact) mass is 355 g/mol. The highest BCUT2D eigenvalue weighted by molar-refractivity contribution is 7.89. The molecule has 0 amide bonds. The lowest BCUT2D eigenvalue weighted by Gasteiger charge is -2.32. The van der Waals surface area contributed by atoms with Gasteiger partial charge in [0, 0.05) is 0 Å². The molecule has 1 heterocycles. The molecule has 1 aromatic carbocycles. The van der Waals surface area contributed by atoms with E-state index in [9.17, 15) is 13.2 Å². The molecule has 24 heavy (non-hydrogen) atoms. The van der Waals surface area contributed by atoms with Crippen LogP contribution in [-0.4, -0.2) is 39.3 Å². The van der Waals surface area contributed by atoms with Crippen LogP contribution in [0.15, 0.2) is 23.1 Å². The summed E-state index contributed by atoms with van der Waals surface area (Å²) in [6, 6.07) is 4.02. The lowest BCUT2D eigenvalue weighted by atomic mass is 9.78. The number of carbonyl (C=O) groups excluding carboxylic acids is 1. The fourth-order valence-electron chi connectivity index (χ4n) is 2.23. The highest BCUT2D eigenvalue weighted by Gasteiger charge is 2.52. The molecule has 0 radical (unpaired) electrons. The van der Waals surface area contributed by atoms with Gasteiger partial charge in [0.05, 0.1) is 28.3 Å². The Hall–Kier alpha value is -1.42. The summed E-state index contributed by atoms with van der Waals surface area (Å²) >= 11 is 0. The van der Waals surface area contributed by atoms with Crippen LogP contribution in [0.5, 0.6) is 0 Å². The van der Waals surface area contributed by atoms with Gasteiger partial charge in [0.25, 0.3) is 0 Å². The number of nitrogens with two attached hydrogens (primary N) is 1. The molecule has 0 bridgehead atoms. The summed E-state index contributed by atoms with van der Waals surface area (Å²) in [4.78, 5) is 11.8. The van der Waals surface area contributed by atoms with E-state index in [4.69, 9.17) is 19.2 Å². The van der Waals surface area contributed by atoms with Crippen molar-refractivity contribution < 1.29 is 27.3 Å². The van der Waals surface area contributed by atoms with Gasteiger partial charge in [-0.3, -0.25) is 0 Å². The first-order valence-corrected chi connectivity index (χ1v) is 9.12. The molecule has 2 N–H and O–H groups in total. The maximum Gasteiger partial charge on any atom is 0.494 e. The van der Waals surface area contributed by atoms with Crippen molar-refractivity contribution in [3.05, 3.63) is 23.8 Å². The molecule has 1 aliphatic rings. The molecule has 0 spiro atoms. The molecule has 9 heteroatoms. The van der Waals surface area contributed by atoms with Crippen molar-refractivity contribution in [1.82, 2.24) is 0 Å². The van der Waals surface area contributed by atoms with Crippen molar-refractivity contribution in [1.29, 1.82) is 0 Å². The number of esters is 1. The van der Waals surface area contributed by atoms with Crippen molar-refractivity contribution >= 4 is 28.6 Å². The largest absolute Gasteiger partial charge is 0.494 e. The topological polar surface area (TPSA) is 105 Å². The summed E-state index contributed by atoms with van der Waals surface area (Å²) in [5, 5.41) is 5.21. The molecule has 1 saturated heterocycles. The van der Waals surface area contributed by atoms with Gasteiger partial charge in [0.2, 0.25) is 10.0 Å². The number of carbonyl (C=O) groups is 1. The average molecular weight is 355 g/mol. The first-order valence-electron chi connectivity index (χ1n) is 7.58. The lowest BCUT2D eigenvalue weighted by Crippen LogP contribution is -2.41. The van der Waals surface area contributed by atoms with Gasteiger partial charge in [0.1, 0.15) is 0 Å². The van der Waals surface area contributed by atoms with E-state index in [1.165, 1.54) is 18.2 Å². The van der Waals surface area contributed by atoms with Crippen molar-refractivity contribution in [3.63, 3.8) is 0 Å². The highest BCUT2D eigenvalue weighted by atomic mass is 32.2. The molecule has 0 aliphatic carbocycles. The third-order valence-electron chi connectivity index (χ3n) is 4.29. The van der Waals surface area contributed by atoms with E-state index in [0.29, 0.717) is 5.46 Å². The van der Waals surface area contributed by atoms with Gasteiger partial charge in [-0.05, 0) is 58.3 Å². The minimum Gasteiger partial charge on any atom is -0.462 e. The van der Waals surface area contributed by atoms with E-state index in [2.05, 4.69) is 0 Å². The van der Waals surface area contributed by atoms with Crippen LogP contribution in [0.2, 0.25) is 0 Å². The second-order valence-corrected chi connectivity index (χ2v) is 8.21. The first kappa shape index (κ1) is 18.9. The van der Waals surface area contributed by atoms with Crippen LogP contribution >= 0.6 is 0 Å². The Kier molecular flexibility index (Phi) is 4.84. The van der Waals surface area contributed by atoms with Gasteiger partial charge >= 0.3 is 13.1 Å². The quantitative estimate of drug-likeness (QED) is 0.633. The summed E-state index contributed by atoms with van der Waals surface area (Å²) in [6.07, 6.45) is 0. The third-order valence-corrected chi connectivity index (χ3v) is 5.19. The minimum absolute atomic E-state index is 0.0769. The van der Waals surface area contributed by atoms with Crippen molar-refractivity contribution in [2.45, 2.75) is 50.7 Å². The summed E-state index contributed by atoms with van der Waals surface area (Å²) in [5.41, 5.74) is -0.727. The van der Waals surface area contributed by atoms with E-state index in [-0.39, 0.29) is 17.1 Å². The summed E-state index contributed by atoms with van der Waals surface area (Å²) < 4.78 is 40.2. The maximum absolute atomic E-state index is 12.0. The zero-order valence-electron chi connectivity index (χ0n) is 14.5. The third kappa shape index (κ3) is 3.64. The predicted molar refractivity (Wildman–Crippen MR) is 89.5 cm³/mol. The Balaban J connectivity index is 2.51. The molecule has 1 aromatic rings.